The molecular weight excluding hydrogens is 330 g/mol. The van der Waals surface area contributed by atoms with Crippen LogP contribution in [0.3, 0.4) is 0 Å². The lowest BCUT2D eigenvalue weighted by Gasteiger charge is -2.11. The van der Waals surface area contributed by atoms with Crippen LogP contribution in [0.25, 0.3) is 0 Å². The van der Waals surface area contributed by atoms with Crippen LogP contribution in [0.15, 0.2) is 34.8 Å². The van der Waals surface area contributed by atoms with Crippen molar-refractivity contribution in [3.05, 3.63) is 56.8 Å². The number of pyridine rings is 1. The summed E-state index contributed by atoms with van der Waals surface area (Å²) in [5, 5.41) is 9.90. The van der Waals surface area contributed by atoms with Crippen LogP contribution in [0.4, 0.5) is 0 Å². The van der Waals surface area contributed by atoms with E-state index in [2.05, 4.69) is 20.9 Å². The molecule has 2 rings (SSSR count). The Labute approximate surface area is 125 Å². The first-order chi connectivity index (χ1) is 9.10. The van der Waals surface area contributed by atoms with Gasteiger partial charge in [-0.15, -0.1) is 0 Å². The van der Waals surface area contributed by atoms with Crippen molar-refractivity contribution in [2.24, 2.45) is 0 Å². The van der Waals surface area contributed by atoms with Crippen LogP contribution < -0.4 is 4.74 Å². The predicted octanol–water partition coefficient (Wildman–Crippen LogP) is 3.88. The van der Waals surface area contributed by atoms with E-state index in [9.17, 15) is 5.11 Å². The van der Waals surface area contributed by atoms with E-state index in [0.29, 0.717) is 23.1 Å². The maximum Gasteiger partial charge on any atom is 0.143 e. The largest absolute Gasteiger partial charge is 0.487 e. The number of rotatable bonds is 4. The summed E-state index contributed by atoms with van der Waals surface area (Å²) in [6, 6.07) is 9.27. The van der Waals surface area contributed by atoms with E-state index < -0.39 is 0 Å². The van der Waals surface area contributed by atoms with Crippen LogP contribution in [-0.4, -0.2) is 10.1 Å². The van der Waals surface area contributed by atoms with Crippen LogP contribution in [-0.2, 0) is 13.2 Å². The highest BCUT2D eigenvalue weighted by atomic mass is 79.9. The average molecular weight is 343 g/mol. The van der Waals surface area contributed by atoms with Gasteiger partial charge in [0.2, 0.25) is 0 Å². The molecular formula is C14H13BrClNO2. The predicted molar refractivity (Wildman–Crippen MR) is 78.4 cm³/mol. The second-order valence-corrected chi connectivity index (χ2v) is 5.40. The zero-order chi connectivity index (χ0) is 13.8. The molecule has 0 aliphatic rings. The third kappa shape index (κ3) is 3.69. The van der Waals surface area contributed by atoms with Gasteiger partial charge in [-0.25, -0.2) is 0 Å². The van der Waals surface area contributed by atoms with Crippen molar-refractivity contribution >= 4 is 27.5 Å². The maximum absolute atomic E-state index is 9.26. The third-order valence-electron chi connectivity index (χ3n) is 2.62. The molecule has 0 atom stereocenters. The number of aromatic nitrogens is 1. The minimum Gasteiger partial charge on any atom is -0.487 e. The van der Waals surface area contributed by atoms with Crippen molar-refractivity contribution in [3.8, 4) is 5.75 Å². The molecule has 0 fully saturated rings. The number of halogens is 2. The van der Waals surface area contributed by atoms with Gasteiger partial charge in [0.25, 0.3) is 0 Å². The molecule has 1 N–H and O–H groups in total. The Kier molecular flexibility index (Phi) is 4.80. The van der Waals surface area contributed by atoms with Crippen molar-refractivity contribution in [1.29, 1.82) is 0 Å². The number of hydrogen-bond donors (Lipinski definition) is 1. The number of aryl methyl sites for hydroxylation is 1. The Morgan fingerprint density at radius 1 is 1.32 bits per heavy atom. The quantitative estimate of drug-likeness (QED) is 0.917. The summed E-state index contributed by atoms with van der Waals surface area (Å²) in [4.78, 5) is 4.22. The van der Waals surface area contributed by atoms with Gasteiger partial charge >= 0.3 is 0 Å². The van der Waals surface area contributed by atoms with Crippen molar-refractivity contribution in [2.75, 3.05) is 0 Å². The van der Waals surface area contributed by atoms with E-state index in [1.165, 1.54) is 0 Å². The molecule has 100 valence electrons. The summed E-state index contributed by atoms with van der Waals surface area (Å²) >= 11 is 9.47. The van der Waals surface area contributed by atoms with Crippen molar-refractivity contribution in [3.63, 3.8) is 0 Å². The Balaban J connectivity index is 2.14. The van der Waals surface area contributed by atoms with Gasteiger partial charge in [0, 0.05) is 20.8 Å². The molecule has 0 amide bonds. The molecule has 1 aromatic carbocycles. The monoisotopic (exact) mass is 341 g/mol. The molecule has 0 bridgehead atoms. The fourth-order valence-electron chi connectivity index (χ4n) is 1.64. The first-order valence-electron chi connectivity index (χ1n) is 5.74. The molecule has 0 saturated carbocycles. The van der Waals surface area contributed by atoms with Crippen LogP contribution >= 0.6 is 27.5 Å². The Morgan fingerprint density at radius 2 is 2.11 bits per heavy atom. The molecule has 19 heavy (non-hydrogen) atoms. The van der Waals surface area contributed by atoms with E-state index in [-0.39, 0.29) is 6.61 Å². The molecule has 3 nitrogen and oxygen atoms in total. The van der Waals surface area contributed by atoms with Gasteiger partial charge in [0.05, 0.1) is 6.61 Å². The first-order valence-corrected chi connectivity index (χ1v) is 6.91. The number of aliphatic hydroxyl groups excluding tert-OH is 1. The molecule has 2 aromatic rings. The molecule has 0 unspecified atom stereocenters. The summed E-state index contributed by atoms with van der Waals surface area (Å²) in [7, 11) is 0. The summed E-state index contributed by atoms with van der Waals surface area (Å²) in [6.45, 7) is 2.06. The summed E-state index contributed by atoms with van der Waals surface area (Å²) in [5.74, 6) is 0.576. The second kappa shape index (κ2) is 6.37. The summed E-state index contributed by atoms with van der Waals surface area (Å²) in [5.41, 5.74) is 2.26. The highest BCUT2D eigenvalue weighted by Crippen LogP contribution is 2.24. The Bertz CT molecular complexity index is 590. The highest BCUT2D eigenvalue weighted by Gasteiger charge is 2.07. The Morgan fingerprint density at radius 3 is 2.79 bits per heavy atom. The van der Waals surface area contributed by atoms with Crippen LogP contribution in [0.1, 0.15) is 17.0 Å². The van der Waals surface area contributed by atoms with E-state index >= 15 is 0 Å². The van der Waals surface area contributed by atoms with E-state index in [1.807, 2.05) is 31.2 Å². The van der Waals surface area contributed by atoms with Gasteiger partial charge in [-0.05, 0) is 31.2 Å². The van der Waals surface area contributed by atoms with E-state index in [0.717, 1.165) is 15.7 Å². The molecule has 1 heterocycles. The standard InChI is InChI=1S/C14H13BrClNO2/c1-9-2-5-14(13(7-18)17-9)19-8-10-3-4-11(15)6-12(10)16/h2-6,18H,7-8H2,1H3. The lowest BCUT2D eigenvalue weighted by Crippen LogP contribution is -2.02. The maximum atomic E-state index is 9.26. The molecule has 0 aliphatic carbocycles. The lowest BCUT2D eigenvalue weighted by atomic mass is 10.2. The fourth-order valence-corrected chi connectivity index (χ4v) is 2.36. The third-order valence-corrected chi connectivity index (χ3v) is 3.46. The van der Waals surface area contributed by atoms with Gasteiger partial charge in [-0.3, -0.25) is 4.98 Å². The number of hydrogen-bond acceptors (Lipinski definition) is 3. The second-order valence-electron chi connectivity index (χ2n) is 4.08. The fraction of sp³-hybridized carbons (Fsp3) is 0.214. The number of ether oxygens (including phenoxy) is 1. The Hall–Kier alpha value is -1.10. The van der Waals surface area contributed by atoms with Crippen LogP contribution in [0, 0.1) is 6.92 Å². The van der Waals surface area contributed by atoms with Gasteiger partial charge in [0.1, 0.15) is 18.1 Å². The number of aliphatic hydroxyl groups is 1. The topological polar surface area (TPSA) is 42.4 Å². The summed E-state index contributed by atoms with van der Waals surface area (Å²) < 4.78 is 6.59. The first kappa shape index (κ1) is 14.3. The molecule has 0 spiro atoms. The minimum atomic E-state index is -0.148. The molecule has 5 heteroatoms. The van der Waals surface area contributed by atoms with Gasteiger partial charge < -0.3 is 9.84 Å². The number of nitrogens with zero attached hydrogens (tertiary/aromatic N) is 1. The van der Waals surface area contributed by atoms with Crippen molar-refractivity contribution in [2.45, 2.75) is 20.1 Å². The SMILES string of the molecule is Cc1ccc(OCc2ccc(Br)cc2Cl)c(CO)n1. The minimum absolute atomic E-state index is 0.148. The van der Waals surface area contributed by atoms with Crippen LogP contribution in [0.2, 0.25) is 5.02 Å². The zero-order valence-corrected chi connectivity index (χ0v) is 12.7. The van der Waals surface area contributed by atoms with Gasteiger partial charge in [0.15, 0.2) is 0 Å². The lowest BCUT2D eigenvalue weighted by molar-refractivity contribution is 0.253. The van der Waals surface area contributed by atoms with E-state index in [1.54, 1.807) is 6.07 Å². The van der Waals surface area contributed by atoms with Gasteiger partial charge in [-0.1, -0.05) is 33.6 Å². The summed E-state index contributed by atoms with van der Waals surface area (Å²) in [6.07, 6.45) is 0. The van der Waals surface area contributed by atoms with Crippen molar-refractivity contribution in [1.82, 2.24) is 4.98 Å². The van der Waals surface area contributed by atoms with Crippen molar-refractivity contribution < 1.29 is 9.84 Å². The molecule has 0 aliphatic heterocycles. The average Bonchev–Trinajstić information content (AvgIpc) is 2.39. The molecule has 0 radical (unpaired) electrons. The highest BCUT2D eigenvalue weighted by molar-refractivity contribution is 9.10. The molecule has 1 aromatic heterocycles. The molecule has 0 saturated heterocycles. The van der Waals surface area contributed by atoms with Crippen LogP contribution in [0.5, 0.6) is 5.75 Å². The number of benzene rings is 1. The zero-order valence-electron chi connectivity index (χ0n) is 10.4. The normalized spacial score (nSPS) is 10.5. The smallest absolute Gasteiger partial charge is 0.143 e. The van der Waals surface area contributed by atoms with E-state index in [4.69, 9.17) is 16.3 Å². The van der Waals surface area contributed by atoms with Gasteiger partial charge in [-0.2, -0.15) is 0 Å².